The van der Waals surface area contributed by atoms with Crippen molar-refractivity contribution in [1.29, 1.82) is 0 Å². The van der Waals surface area contributed by atoms with Crippen molar-refractivity contribution in [1.82, 2.24) is 5.32 Å². The number of amides is 1. The van der Waals surface area contributed by atoms with Crippen LogP contribution in [0.15, 0.2) is 48.6 Å². The number of unbranched alkanes of at least 4 members (excludes halogenated alkanes) is 11. The number of nitrogens with one attached hydrogen (secondary N) is 1. The summed E-state index contributed by atoms with van der Waals surface area (Å²) in [5.74, 6) is -0.228. The van der Waals surface area contributed by atoms with Gasteiger partial charge >= 0.3 is 0 Å². The molecule has 3 atom stereocenters. The largest absolute Gasteiger partial charge is 0.756 e. The fourth-order valence-electron chi connectivity index (χ4n) is 4.36. The number of hydrogen-bond acceptors (Lipinski definition) is 6. The lowest BCUT2D eigenvalue weighted by Crippen LogP contribution is -2.45. The lowest BCUT2D eigenvalue weighted by Gasteiger charge is -2.29. The van der Waals surface area contributed by atoms with Crippen LogP contribution < -0.4 is 10.2 Å². The van der Waals surface area contributed by atoms with Gasteiger partial charge in [-0.1, -0.05) is 101 Å². The lowest BCUT2D eigenvalue weighted by atomic mass is 10.1. The molecular formula is C36H67N2O6P. The second kappa shape index (κ2) is 28.7. The van der Waals surface area contributed by atoms with Gasteiger partial charge in [0.2, 0.25) is 5.91 Å². The van der Waals surface area contributed by atoms with Crippen LogP contribution >= 0.6 is 7.82 Å². The Bertz CT molecular complexity index is 881. The predicted molar refractivity (Wildman–Crippen MR) is 187 cm³/mol. The second-order valence-electron chi connectivity index (χ2n) is 12.8. The van der Waals surface area contributed by atoms with Crippen molar-refractivity contribution >= 4 is 13.7 Å². The van der Waals surface area contributed by atoms with Gasteiger partial charge in [-0.05, 0) is 64.2 Å². The Morgan fingerprint density at radius 2 is 1.29 bits per heavy atom. The summed E-state index contributed by atoms with van der Waals surface area (Å²) in [5.41, 5.74) is 0. The number of quaternary nitrogens is 1. The molecule has 0 saturated heterocycles. The molecule has 0 fully saturated rings. The number of carbonyl (C=O) groups is 1. The third-order valence-corrected chi connectivity index (χ3v) is 8.18. The summed E-state index contributed by atoms with van der Waals surface area (Å²) in [6.45, 7) is 4.46. The van der Waals surface area contributed by atoms with Crippen molar-refractivity contribution in [2.45, 2.75) is 135 Å². The molecule has 0 aromatic heterocycles. The average molecular weight is 655 g/mol. The van der Waals surface area contributed by atoms with Crippen LogP contribution in [0.5, 0.6) is 0 Å². The Labute approximate surface area is 276 Å². The first-order chi connectivity index (χ1) is 21.5. The molecule has 262 valence electrons. The number of carbonyl (C=O) groups excluding carboxylic acids is 1. The Morgan fingerprint density at radius 3 is 1.89 bits per heavy atom. The number of rotatable bonds is 30. The van der Waals surface area contributed by atoms with Crippen molar-refractivity contribution in [3.63, 3.8) is 0 Å². The molecule has 0 aliphatic carbocycles. The highest BCUT2D eigenvalue weighted by Gasteiger charge is 2.23. The first-order valence-electron chi connectivity index (χ1n) is 17.5. The zero-order valence-electron chi connectivity index (χ0n) is 29.3. The molecule has 0 saturated carbocycles. The number of phosphoric ester groups is 1. The fourth-order valence-corrected chi connectivity index (χ4v) is 5.08. The smallest absolute Gasteiger partial charge is 0.268 e. The van der Waals surface area contributed by atoms with E-state index in [0.717, 1.165) is 70.6 Å². The van der Waals surface area contributed by atoms with E-state index in [4.69, 9.17) is 9.05 Å². The van der Waals surface area contributed by atoms with E-state index in [1.54, 1.807) is 6.08 Å². The van der Waals surface area contributed by atoms with Crippen LogP contribution in [0.2, 0.25) is 0 Å². The van der Waals surface area contributed by atoms with Crippen LogP contribution in [-0.2, 0) is 18.4 Å². The van der Waals surface area contributed by atoms with Crippen molar-refractivity contribution in [2.24, 2.45) is 0 Å². The van der Waals surface area contributed by atoms with Crippen molar-refractivity contribution < 1.29 is 32.9 Å². The highest BCUT2D eigenvalue weighted by molar-refractivity contribution is 7.45. The van der Waals surface area contributed by atoms with Crippen LogP contribution in [0, 0.1) is 0 Å². The van der Waals surface area contributed by atoms with Gasteiger partial charge in [0.05, 0.1) is 39.9 Å². The molecule has 2 N–H and O–H groups in total. The summed E-state index contributed by atoms with van der Waals surface area (Å²) >= 11 is 0. The van der Waals surface area contributed by atoms with Crippen LogP contribution in [0.25, 0.3) is 0 Å². The molecule has 0 heterocycles. The van der Waals surface area contributed by atoms with Gasteiger partial charge in [-0.3, -0.25) is 9.36 Å². The van der Waals surface area contributed by atoms with Gasteiger partial charge in [-0.15, -0.1) is 0 Å². The molecule has 8 nitrogen and oxygen atoms in total. The van der Waals surface area contributed by atoms with E-state index in [1.807, 2.05) is 27.2 Å². The molecule has 0 aliphatic heterocycles. The molecular weight excluding hydrogens is 587 g/mol. The van der Waals surface area contributed by atoms with E-state index in [1.165, 1.54) is 32.1 Å². The van der Waals surface area contributed by atoms with Gasteiger partial charge in [0, 0.05) is 6.42 Å². The maximum atomic E-state index is 12.7. The number of aliphatic hydroxyl groups excluding tert-OH is 1. The van der Waals surface area contributed by atoms with E-state index < -0.39 is 26.6 Å². The van der Waals surface area contributed by atoms with E-state index in [2.05, 4.69) is 55.6 Å². The monoisotopic (exact) mass is 654 g/mol. The first-order valence-corrected chi connectivity index (χ1v) is 19.0. The van der Waals surface area contributed by atoms with Crippen LogP contribution in [-0.4, -0.2) is 68.5 Å². The average Bonchev–Trinajstić information content (AvgIpc) is 2.97. The molecule has 0 aromatic carbocycles. The Balaban J connectivity index is 4.69. The Hall–Kier alpha value is -1.54. The highest BCUT2D eigenvalue weighted by atomic mass is 31.2. The van der Waals surface area contributed by atoms with Gasteiger partial charge < -0.3 is 28.8 Å². The third-order valence-electron chi connectivity index (χ3n) is 7.22. The molecule has 9 heteroatoms. The molecule has 0 radical (unpaired) electrons. The van der Waals surface area contributed by atoms with E-state index in [9.17, 15) is 19.4 Å². The van der Waals surface area contributed by atoms with E-state index >= 15 is 0 Å². The van der Waals surface area contributed by atoms with E-state index in [-0.39, 0.29) is 12.5 Å². The molecule has 0 rings (SSSR count). The summed E-state index contributed by atoms with van der Waals surface area (Å²) in [4.78, 5) is 25.0. The first kappa shape index (κ1) is 43.5. The lowest BCUT2D eigenvalue weighted by molar-refractivity contribution is -0.870. The minimum Gasteiger partial charge on any atom is -0.756 e. The summed E-state index contributed by atoms with van der Waals surface area (Å²) in [6.07, 6.45) is 33.0. The van der Waals surface area contributed by atoms with Crippen LogP contribution in [0.3, 0.4) is 0 Å². The van der Waals surface area contributed by atoms with Crippen LogP contribution in [0.4, 0.5) is 0 Å². The summed E-state index contributed by atoms with van der Waals surface area (Å²) in [5, 5.41) is 13.6. The summed E-state index contributed by atoms with van der Waals surface area (Å²) < 4.78 is 23.0. The molecule has 0 spiro atoms. The third kappa shape index (κ3) is 30.9. The van der Waals surface area contributed by atoms with E-state index in [0.29, 0.717) is 17.4 Å². The number of hydrogen-bond donors (Lipinski definition) is 2. The fraction of sp³-hybridized carbons (Fsp3) is 0.750. The second-order valence-corrected chi connectivity index (χ2v) is 14.3. The normalized spacial score (nSPS) is 15.4. The number of phosphoric acid groups is 1. The molecule has 0 bridgehead atoms. The molecule has 1 amide bonds. The minimum absolute atomic E-state index is 0.0124. The zero-order valence-corrected chi connectivity index (χ0v) is 30.2. The molecule has 45 heavy (non-hydrogen) atoms. The van der Waals surface area contributed by atoms with Gasteiger partial charge in [0.1, 0.15) is 13.2 Å². The maximum Gasteiger partial charge on any atom is 0.268 e. The number of likely N-dealkylation sites (N-methyl/N-ethyl adjacent to an activating group) is 1. The molecule has 3 unspecified atom stereocenters. The standard InChI is InChI=1S/C36H67N2O6P/c1-6-8-10-12-14-16-18-20-22-24-26-28-30-36(40)37-34(33-44-45(41,42)43-32-31-38(3,4)5)35(39)29-27-25-23-21-19-17-15-13-11-9-7-2/h11,13-14,16,19,21,27,29,34-35,39H,6-10,12,15,17-18,20,22-26,28,30-33H2,1-5H3,(H-,37,40,41,42)/b13-11+,16-14-,21-19+,29-27+. The number of allylic oxidation sites excluding steroid dienone is 7. The van der Waals surface area contributed by atoms with Gasteiger partial charge in [-0.25, -0.2) is 0 Å². The van der Waals surface area contributed by atoms with Crippen molar-refractivity contribution in [3.05, 3.63) is 48.6 Å². The van der Waals surface area contributed by atoms with Crippen molar-refractivity contribution in [3.8, 4) is 0 Å². The molecule has 0 aromatic rings. The van der Waals surface area contributed by atoms with Crippen LogP contribution in [0.1, 0.15) is 123 Å². The SMILES string of the molecule is CCC/C=C/CC/C=C/CC/C=C/C(O)C(COP(=O)([O-])OCC[N+](C)(C)C)NC(=O)CCCCCCC/C=C\CCCCC. The van der Waals surface area contributed by atoms with Crippen molar-refractivity contribution in [2.75, 3.05) is 40.9 Å². The molecule has 0 aliphatic rings. The Morgan fingerprint density at radius 1 is 0.756 bits per heavy atom. The van der Waals surface area contributed by atoms with Gasteiger partial charge in [-0.2, -0.15) is 0 Å². The van der Waals surface area contributed by atoms with Gasteiger partial charge in [0.25, 0.3) is 7.82 Å². The number of aliphatic hydroxyl groups is 1. The van der Waals surface area contributed by atoms with Gasteiger partial charge in [0.15, 0.2) is 0 Å². The zero-order chi connectivity index (χ0) is 33.7. The summed E-state index contributed by atoms with van der Waals surface area (Å²) in [7, 11) is 1.22. The highest BCUT2D eigenvalue weighted by Crippen LogP contribution is 2.38. The predicted octanol–water partition coefficient (Wildman–Crippen LogP) is 7.94. The minimum atomic E-state index is -4.59. The Kier molecular flexibility index (Phi) is 27.7. The maximum absolute atomic E-state index is 12.7. The topological polar surface area (TPSA) is 108 Å². The number of nitrogens with zero attached hydrogens (tertiary/aromatic N) is 1. The summed E-state index contributed by atoms with van der Waals surface area (Å²) in [6, 6.07) is -0.910. The quantitative estimate of drug-likeness (QED) is 0.0353.